The van der Waals surface area contributed by atoms with Crippen molar-refractivity contribution in [2.24, 2.45) is 0 Å². The first-order valence-electron chi connectivity index (χ1n) is 8.33. The van der Waals surface area contributed by atoms with Crippen LogP contribution < -0.4 is 5.32 Å². The van der Waals surface area contributed by atoms with Gasteiger partial charge in [0.2, 0.25) is 5.91 Å². The molecule has 3 heterocycles. The lowest BCUT2D eigenvalue weighted by molar-refractivity contribution is -0.113. The molecule has 1 amide bonds. The molecule has 0 radical (unpaired) electrons. The van der Waals surface area contributed by atoms with Gasteiger partial charge in [-0.15, -0.1) is 11.3 Å². The van der Waals surface area contributed by atoms with Crippen LogP contribution in [0.5, 0.6) is 0 Å². The van der Waals surface area contributed by atoms with Gasteiger partial charge in [-0.25, -0.2) is 9.97 Å². The number of nitrogens with one attached hydrogen (secondary N) is 1. The highest BCUT2D eigenvalue weighted by atomic mass is 32.2. The summed E-state index contributed by atoms with van der Waals surface area (Å²) in [5.74, 6) is 0.207. The third-order valence-electron chi connectivity index (χ3n) is 3.85. The first-order valence-corrected chi connectivity index (χ1v) is 10.1. The van der Waals surface area contributed by atoms with E-state index in [9.17, 15) is 10.1 Å². The number of fused-ring (bicyclic) bond motifs is 1. The smallest absolute Gasteiger partial charge is 0.236 e. The van der Waals surface area contributed by atoms with E-state index >= 15 is 0 Å². The fraction of sp³-hybridized carbons (Fsp3) is 0.0500. The number of thiazole rings is 1. The van der Waals surface area contributed by atoms with Gasteiger partial charge < -0.3 is 5.32 Å². The van der Waals surface area contributed by atoms with Crippen LogP contribution >= 0.6 is 23.1 Å². The topological polar surface area (TPSA) is 91.6 Å². The second-order valence-corrected chi connectivity index (χ2v) is 7.98. The van der Waals surface area contributed by atoms with Crippen molar-refractivity contribution in [1.29, 1.82) is 5.26 Å². The molecule has 6 nitrogen and oxygen atoms in total. The van der Waals surface area contributed by atoms with Crippen LogP contribution in [-0.2, 0) is 4.79 Å². The number of anilines is 1. The number of benzene rings is 1. The van der Waals surface area contributed by atoms with Gasteiger partial charge in [0, 0.05) is 18.0 Å². The molecule has 0 atom stereocenters. The van der Waals surface area contributed by atoms with Gasteiger partial charge >= 0.3 is 0 Å². The van der Waals surface area contributed by atoms with Crippen molar-refractivity contribution >= 4 is 45.0 Å². The van der Waals surface area contributed by atoms with Gasteiger partial charge in [0.15, 0.2) is 10.2 Å². The van der Waals surface area contributed by atoms with Crippen LogP contribution in [0.1, 0.15) is 5.56 Å². The van der Waals surface area contributed by atoms with E-state index in [0.717, 1.165) is 20.1 Å². The molecule has 136 valence electrons. The van der Waals surface area contributed by atoms with E-state index in [1.54, 1.807) is 35.9 Å². The number of amides is 1. The molecule has 1 N–H and O–H groups in total. The zero-order valence-electron chi connectivity index (χ0n) is 14.5. The van der Waals surface area contributed by atoms with Crippen LogP contribution in [0.15, 0.2) is 65.3 Å². The monoisotopic (exact) mass is 403 g/mol. The van der Waals surface area contributed by atoms with Gasteiger partial charge in [0.25, 0.3) is 0 Å². The van der Waals surface area contributed by atoms with Crippen molar-refractivity contribution in [3.05, 3.63) is 66.5 Å². The van der Waals surface area contributed by atoms with Crippen LogP contribution in [0.3, 0.4) is 0 Å². The Morgan fingerprint density at radius 3 is 2.71 bits per heavy atom. The normalized spacial score (nSPS) is 10.5. The van der Waals surface area contributed by atoms with E-state index in [0.29, 0.717) is 11.3 Å². The van der Waals surface area contributed by atoms with Crippen LogP contribution in [0.2, 0.25) is 0 Å². The molecule has 3 aromatic heterocycles. The molecule has 0 aliphatic heterocycles. The highest BCUT2D eigenvalue weighted by molar-refractivity contribution is 8.01. The summed E-state index contributed by atoms with van der Waals surface area (Å²) in [5.41, 5.74) is 2.76. The zero-order valence-corrected chi connectivity index (χ0v) is 16.1. The zero-order chi connectivity index (χ0) is 19.3. The summed E-state index contributed by atoms with van der Waals surface area (Å²) in [6.07, 6.45) is 3.34. The summed E-state index contributed by atoms with van der Waals surface area (Å²) in [6.45, 7) is 0. The minimum absolute atomic E-state index is 0.186. The summed E-state index contributed by atoms with van der Waals surface area (Å²) in [5, 5.41) is 12.1. The van der Waals surface area contributed by atoms with Crippen molar-refractivity contribution in [3.8, 4) is 17.3 Å². The lowest BCUT2D eigenvalue weighted by Crippen LogP contribution is -2.16. The molecule has 4 rings (SSSR count). The summed E-state index contributed by atoms with van der Waals surface area (Å²) < 4.78 is 1.92. The number of hydrogen-bond donors (Lipinski definition) is 1. The Kier molecular flexibility index (Phi) is 5.28. The van der Waals surface area contributed by atoms with Gasteiger partial charge in [0.05, 0.1) is 27.2 Å². The molecule has 8 heteroatoms. The van der Waals surface area contributed by atoms with Crippen LogP contribution in [0, 0.1) is 11.3 Å². The predicted molar refractivity (Wildman–Crippen MR) is 111 cm³/mol. The minimum atomic E-state index is -0.236. The number of nitriles is 1. The third-order valence-corrected chi connectivity index (χ3v) is 6.03. The number of pyridine rings is 2. The first-order chi connectivity index (χ1) is 13.7. The SMILES string of the molecule is N#Cc1ccc(-c2ccncc2)nc1NC(=O)CSc1nc2ccccc2s1. The minimum Gasteiger partial charge on any atom is -0.309 e. The van der Waals surface area contributed by atoms with Crippen molar-refractivity contribution < 1.29 is 4.79 Å². The van der Waals surface area contributed by atoms with E-state index in [-0.39, 0.29) is 17.5 Å². The Morgan fingerprint density at radius 2 is 1.93 bits per heavy atom. The molecule has 0 aliphatic rings. The Morgan fingerprint density at radius 1 is 1.11 bits per heavy atom. The van der Waals surface area contributed by atoms with Crippen LogP contribution in [0.4, 0.5) is 5.82 Å². The van der Waals surface area contributed by atoms with Crippen molar-refractivity contribution in [1.82, 2.24) is 15.0 Å². The molecule has 0 fully saturated rings. The second-order valence-electron chi connectivity index (χ2n) is 5.72. The molecular weight excluding hydrogens is 390 g/mol. The molecule has 0 aliphatic carbocycles. The fourth-order valence-corrected chi connectivity index (χ4v) is 4.40. The maximum Gasteiger partial charge on any atom is 0.236 e. The van der Waals surface area contributed by atoms with Gasteiger partial charge in [-0.1, -0.05) is 23.9 Å². The first kappa shape index (κ1) is 18.1. The maximum atomic E-state index is 12.4. The number of carbonyl (C=O) groups excluding carboxylic acids is 1. The summed E-state index contributed by atoms with van der Waals surface area (Å²) >= 11 is 2.91. The molecule has 0 saturated heterocycles. The van der Waals surface area contributed by atoms with Crippen LogP contribution in [-0.4, -0.2) is 26.6 Å². The number of para-hydroxylation sites is 1. The van der Waals surface area contributed by atoms with E-state index in [4.69, 9.17) is 0 Å². The van der Waals surface area contributed by atoms with Crippen molar-refractivity contribution in [3.63, 3.8) is 0 Å². The summed E-state index contributed by atoms with van der Waals surface area (Å²) in [6, 6.07) is 17.0. The van der Waals surface area contributed by atoms with Gasteiger partial charge in [0.1, 0.15) is 6.07 Å². The molecule has 1 aromatic carbocycles. The van der Waals surface area contributed by atoms with E-state index < -0.39 is 0 Å². The molecule has 0 bridgehead atoms. The quantitative estimate of drug-likeness (QED) is 0.498. The molecule has 4 aromatic rings. The number of carbonyl (C=O) groups is 1. The number of thioether (sulfide) groups is 1. The highest BCUT2D eigenvalue weighted by Gasteiger charge is 2.12. The highest BCUT2D eigenvalue weighted by Crippen LogP contribution is 2.29. The average molecular weight is 403 g/mol. The van der Waals surface area contributed by atoms with Gasteiger partial charge in [-0.2, -0.15) is 5.26 Å². The Labute approximate surface area is 169 Å². The van der Waals surface area contributed by atoms with Gasteiger partial charge in [-0.05, 0) is 36.4 Å². The van der Waals surface area contributed by atoms with E-state index in [1.165, 1.54) is 11.8 Å². The van der Waals surface area contributed by atoms with Crippen molar-refractivity contribution in [2.45, 2.75) is 4.34 Å². The third kappa shape index (κ3) is 4.01. The largest absolute Gasteiger partial charge is 0.309 e. The number of nitrogens with zero attached hydrogens (tertiary/aromatic N) is 4. The Hall–Kier alpha value is -3.28. The van der Waals surface area contributed by atoms with E-state index in [1.807, 2.05) is 36.4 Å². The lowest BCUT2D eigenvalue weighted by Gasteiger charge is -2.08. The maximum absolute atomic E-state index is 12.4. The Bertz CT molecular complexity index is 1150. The molecule has 0 spiro atoms. The average Bonchev–Trinajstić information content (AvgIpc) is 3.16. The standard InChI is InChI=1S/C20H13N5OS2/c21-11-14-5-6-15(13-7-9-22-10-8-13)23-19(14)25-18(26)12-27-20-24-16-3-1-2-4-17(16)28-20/h1-10H,12H2,(H,23,25,26). The fourth-order valence-electron chi connectivity index (χ4n) is 2.54. The van der Waals surface area contributed by atoms with E-state index in [2.05, 4.69) is 26.3 Å². The number of aromatic nitrogens is 3. The molecule has 28 heavy (non-hydrogen) atoms. The number of hydrogen-bond acceptors (Lipinski definition) is 7. The predicted octanol–water partition coefficient (Wildman–Crippen LogP) is 4.36. The van der Waals surface area contributed by atoms with Gasteiger partial charge in [-0.3, -0.25) is 9.78 Å². The van der Waals surface area contributed by atoms with Crippen molar-refractivity contribution in [2.75, 3.05) is 11.1 Å². The van der Waals surface area contributed by atoms with Crippen LogP contribution in [0.25, 0.3) is 21.5 Å². The Balaban J connectivity index is 1.48. The summed E-state index contributed by atoms with van der Waals surface area (Å²) in [4.78, 5) is 25.3. The number of rotatable bonds is 5. The summed E-state index contributed by atoms with van der Waals surface area (Å²) in [7, 11) is 0. The molecular formula is C20H13N5OS2. The molecule has 0 saturated carbocycles. The second kappa shape index (κ2) is 8.17. The molecule has 0 unspecified atom stereocenters. The lowest BCUT2D eigenvalue weighted by atomic mass is 10.1.